The summed E-state index contributed by atoms with van der Waals surface area (Å²) in [5.74, 6) is -0.274. The third kappa shape index (κ3) is 4.92. The lowest BCUT2D eigenvalue weighted by molar-refractivity contribution is -0.385. The van der Waals surface area contributed by atoms with E-state index in [9.17, 15) is 14.9 Å². The van der Waals surface area contributed by atoms with Gasteiger partial charge in [0.15, 0.2) is 0 Å². The topological polar surface area (TPSA) is 72.2 Å². The van der Waals surface area contributed by atoms with Crippen molar-refractivity contribution in [2.24, 2.45) is 0 Å². The molecule has 1 amide bonds. The summed E-state index contributed by atoms with van der Waals surface area (Å²) in [5.41, 5.74) is 0.207. The number of hydrogen-bond acceptors (Lipinski definition) is 3. The predicted octanol–water partition coefficient (Wildman–Crippen LogP) is 4.06. The van der Waals surface area contributed by atoms with Crippen molar-refractivity contribution in [1.82, 2.24) is 5.32 Å². The molecule has 1 atom stereocenters. The Morgan fingerprint density at radius 2 is 2.15 bits per heavy atom. The van der Waals surface area contributed by atoms with E-state index < -0.39 is 4.92 Å². The molecule has 0 saturated carbocycles. The normalized spacial score (nSPS) is 11.9. The van der Waals surface area contributed by atoms with Gasteiger partial charge >= 0.3 is 0 Å². The van der Waals surface area contributed by atoms with Gasteiger partial charge in [0.05, 0.1) is 9.40 Å². The second-order valence-electron chi connectivity index (χ2n) is 4.79. The molecule has 0 fully saturated rings. The van der Waals surface area contributed by atoms with E-state index in [4.69, 9.17) is 0 Å². The fraction of sp³-hybridized carbons (Fsp3) is 0.500. The fourth-order valence-electron chi connectivity index (χ4n) is 1.87. The molecular weight excluding hydrogens is 324 g/mol. The van der Waals surface area contributed by atoms with Crippen LogP contribution in [0.3, 0.4) is 0 Å². The van der Waals surface area contributed by atoms with Crippen LogP contribution in [0.5, 0.6) is 0 Å². The van der Waals surface area contributed by atoms with Gasteiger partial charge in [-0.15, -0.1) is 0 Å². The summed E-state index contributed by atoms with van der Waals surface area (Å²) in [7, 11) is 0. The number of amides is 1. The molecule has 5 nitrogen and oxygen atoms in total. The fourth-order valence-corrected chi connectivity index (χ4v) is 2.27. The molecule has 0 aromatic heterocycles. The van der Waals surface area contributed by atoms with Gasteiger partial charge in [-0.25, -0.2) is 0 Å². The Morgan fingerprint density at radius 3 is 2.75 bits per heavy atom. The highest BCUT2D eigenvalue weighted by Crippen LogP contribution is 2.25. The van der Waals surface area contributed by atoms with Gasteiger partial charge in [0, 0.05) is 17.7 Å². The van der Waals surface area contributed by atoms with Gasteiger partial charge in [0.25, 0.3) is 11.6 Å². The molecule has 1 aromatic carbocycles. The van der Waals surface area contributed by atoms with E-state index in [1.165, 1.54) is 12.1 Å². The molecule has 0 aliphatic heterocycles. The largest absolute Gasteiger partial charge is 0.350 e. The second-order valence-corrected chi connectivity index (χ2v) is 5.65. The molecule has 0 heterocycles. The van der Waals surface area contributed by atoms with E-state index >= 15 is 0 Å². The molecule has 110 valence electrons. The predicted molar refractivity (Wildman–Crippen MR) is 81.9 cm³/mol. The van der Waals surface area contributed by atoms with Gasteiger partial charge < -0.3 is 5.32 Å². The van der Waals surface area contributed by atoms with Crippen LogP contribution in [0.25, 0.3) is 0 Å². The number of carbonyl (C=O) groups is 1. The summed E-state index contributed by atoms with van der Waals surface area (Å²) in [5, 5.41) is 13.7. The van der Waals surface area contributed by atoms with Gasteiger partial charge in [0.1, 0.15) is 0 Å². The first-order valence-corrected chi connectivity index (χ1v) is 7.49. The summed E-state index contributed by atoms with van der Waals surface area (Å²) in [6, 6.07) is 4.45. The van der Waals surface area contributed by atoms with E-state index in [1.54, 1.807) is 6.07 Å². The minimum atomic E-state index is -0.508. The monoisotopic (exact) mass is 342 g/mol. The van der Waals surface area contributed by atoms with E-state index in [0.717, 1.165) is 25.7 Å². The minimum Gasteiger partial charge on any atom is -0.350 e. The Kier molecular flexibility index (Phi) is 6.64. The van der Waals surface area contributed by atoms with Crippen molar-refractivity contribution >= 4 is 27.5 Å². The van der Waals surface area contributed by atoms with Gasteiger partial charge in [-0.1, -0.05) is 26.2 Å². The summed E-state index contributed by atoms with van der Waals surface area (Å²) >= 11 is 3.10. The van der Waals surface area contributed by atoms with Gasteiger partial charge in [-0.3, -0.25) is 14.9 Å². The number of unbranched alkanes of at least 4 members (excludes halogenated alkanes) is 2. The zero-order valence-electron chi connectivity index (χ0n) is 11.7. The first-order chi connectivity index (χ1) is 9.45. The van der Waals surface area contributed by atoms with Crippen LogP contribution >= 0.6 is 15.9 Å². The number of rotatable bonds is 7. The quantitative estimate of drug-likeness (QED) is 0.461. The third-order valence-electron chi connectivity index (χ3n) is 3.02. The van der Waals surface area contributed by atoms with Crippen molar-refractivity contribution < 1.29 is 9.72 Å². The molecule has 6 heteroatoms. The number of carbonyl (C=O) groups excluding carboxylic acids is 1. The average molecular weight is 343 g/mol. The molecule has 1 N–H and O–H groups in total. The molecule has 1 unspecified atom stereocenters. The average Bonchev–Trinajstić information content (AvgIpc) is 2.39. The van der Waals surface area contributed by atoms with Crippen molar-refractivity contribution in [3.63, 3.8) is 0 Å². The lowest BCUT2D eigenvalue weighted by atomic mass is 10.1. The Labute approximate surface area is 127 Å². The van der Waals surface area contributed by atoms with E-state index in [0.29, 0.717) is 10.0 Å². The first kappa shape index (κ1) is 16.6. The van der Waals surface area contributed by atoms with Crippen molar-refractivity contribution in [2.45, 2.75) is 45.6 Å². The second kappa shape index (κ2) is 7.99. The number of nitrogens with zero attached hydrogens (tertiary/aromatic N) is 1. The summed E-state index contributed by atoms with van der Waals surface area (Å²) in [6.07, 6.45) is 4.26. The van der Waals surface area contributed by atoms with E-state index in [2.05, 4.69) is 28.2 Å². The standard InChI is InChI=1S/C14H19BrN2O3/c1-3-4-5-6-10(2)16-14(18)11-7-8-12(15)13(9-11)17(19)20/h7-10H,3-6H2,1-2H3,(H,16,18). The van der Waals surface area contributed by atoms with Crippen LogP contribution in [-0.4, -0.2) is 16.9 Å². The molecule has 0 saturated heterocycles. The highest BCUT2D eigenvalue weighted by atomic mass is 79.9. The molecule has 0 bridgehead atoms. The number of nitro groups is 1. The molecule has 20 heavy (non-hydrogen) atoms. The van der Waals surface area contributed by atoms with Crippen molar-refractivity contribution in [3.8, 4) is 0 Å². The van der Waals surface area contributed by atoms with Crippen LogP contribution in [0.15, 0.2) is 22.7 Å². The zero-order valence-corrected chi connectivity index (χ0v) is 13.3. The van der Waals surface area contributed by atoms with E-state index in [-0.39, 0.29) is 17.6 Å². The van der Waals surface area contributed by atoms with Crippen LogP contribution in [0.1, 0.15) is 49.9 Å². The first-order valence-electron chi connectivity index (χ1n) is 6.70. The summed E-state index contributed by atoms with van der Waals surface area (Å²) < 4.78 is 0.370. The molecule has 0 aliphatic carbocycles. The smallest absolute Gasteiger partial charge is 0.284 e. The maximum absolute atomic E-state index is 12.0. The third-order valence-corrected chi connectivity index (χ3v) is 3.69. The highest BCUT2D eigenvalue weighted by Gasteiger charge is 2.16. The van der Waals surface area contributed by atoms with E-state index in [1.807, 2.05) is 6.92 Å². The summed E-state index contributed by atoms with van der Waals surface area (Å²) in [4.78, 5) is 22.4. The van der Waals surface area contributed by atoms with Crippen LogP contribution < -0.4 is 5.32 Å². The molecule has 1 rings (SSSR count). The number of nitrogens with one attached hydrogen (secondary N) is 1. The molecular formula is C14H19BrN2O3. The lowest BCUT2D eigenvalue weighted by Crippen LogP contribution is -2.32. The number of halogens is 1. The maximum Gasteiger partial charge on any atom is 0.284 e. The molecule has 1 aromatic rings. The SMILES string of the molecule is CCCCCC(C)NC(=O)c1ccc(Br)c([N+](=O)[O-])c1. The van der Waals surface area contributed by atoms with Crippen molar-refractivity contribution in [1.29, 1.82) is 0 Å². The highest BCUT2D eigenvalue weighted by molar-refractivity contribution is 9.10. The summed E-state index contributed by atoms with van der Waals surface area (Å²) in [6.45, 7) is 4.07. The number of hydrogen-bond donors (Lipinski definition) is 1. The van der Waals surface area contributed by atoms with Crippen LogP contribution in [0.4, 0.5) is 5.69 Å². The van der Waals surface area contributed by atoms with Crippen molar-refractivity contribution in [3.05, 3.63) is 38.3 Å². The van der Waals surface area contributed by atoms with Gasteiger partial charge in [-0.2, -0.15) is 0 Å². The van der Waals surface area contributed by atoms with Gasteiger partial charge in [-0.05, 0) is 41.4 Å². The molecule has 0 spiro atoms. The zero-order chi connectivity index (χ0) is 15.1. The van der Waals surface area contributed by atoms with Crippen molar-refractivity contribution in [2.75, 3.05) is 0 Å². The number of benzene rings is 1. The Morgan fingerprint density at radius 1 is 1.45 bits per heavy atom. The Bertz CT molecular complexity index is 491. The van der Waals surface area contributed by atoms with Crippen LogP contribution in [0, 0.1) is 10.1 Å². The Hall–Kier alpha value is -1.43. The van der Waals surface area contributed by atoms with Crippen LogP contribution in [-0.2, 0) is 0 Å². The molecule has 0 radical (unpaired) electrons. The van der Waals surface area contributed by atoms with Gasteiger partial charge in [0.2, 0.25) is 0 Å². The lowest BCUT2D eigenvalue weighted by Gasteiger charge is -2.13. The van der Waals surface area contributed by atoms with Crippen LogP contribution in [0.2, 0.25) is 0 Å². The molecule has 0 aliphatic rings. The Balaban J connectivity index is 2.68. The number of nitro benzene ring substituents is 1. The minimum absolute atomic E-state index is 0.0664. The maximum atomic E-state index is 12.0.